The molecule has 0 saturated heterocycles. The summed E-state index contributed by atoms with van der Waals surface area (Å²) in [6, 6.07) is 14.2. The predicted octanol–water partition coefficient (Wildman–Crippen LogP) is 3.15. The van der Waals surface area contributed by atoms with E-state index in [-0.39, 0.29) is 36.4 Å². The van der Waals surface area contributed by atoms with E-state index in [1.165, 1.54) is 16.7 Å². The molecule has 0 fully saturated rings. The number of aliphatic imine (C=N–C) groups is 1. The van der Waals surface area contributed by atoms with Gasteiger partial charge in [0.05, 0.1) is 13.2 Å². The van der Waals surface area contributed by atoms with E-state index in [9.17, 15) is 4.79 Å². The van der Waals surface area contributed by atoms with Crippen molar-refractivity contribution in [2.24, 2.45) is 4.99 Å². The molecule has 0 saturated carbocycles. The fourth-order valence-electron chi connectivity index (χ4n) is 3.18. The van der Waals surface area contributed by atoms with Crippen molar-refractivity contribution in [3.8, 4) is 5.75 Å². The maximum Gasteiger partial charge on any atom is 0.243 e. The van der Waals surface area contributed by atoms with Gasteiger partial charge in [0, 0.05) is 25.7 Å². The normalized spacial score (nSPS) is 12.4. The average molecular weight is 508 g/mol. The zero-order valence-corrected chi connectivity index (χ0v) is 19.3. The zero-order chi connectivity index (χ0) is 19.8. The molecular weight excluding hydrogens is 479 g/mol. The van der Waals surface area contributed by atoms with E-state index in [1.807, 2.05) is 30.3 Å². The molecular formula is C22H29IN4O2. The lowest BCUT2D eigenvalue weighted by molar-refractivity contribution is -0.115. The molecule has 1 heterocycles. The first-order chi connectivity index (χ1) is 13.7. The molecule has 0 bridgehead atoms. The van der Waals surface area contributed by atoms with Gasteiger partial charge in [-0.1, -0.05) is 31.2 Å². The number of carbonyl (C=O) groups is 1. The molecule has 2 aromatic carbocycles. The van der Waals surface area contributed by atoms with Crippen molar-refractivity contribution in [1.29, 1.82) is 0 Å². The fraction of sp³-hybridized carbons (Fsp3) is 0.364. The number of nitrogens with zero attached hydrogens (tertiary/aromatic N) is 1. The number of rotatable bonds is 7. The van der Waals surface area contributed by atoms with Crippen LogP contribution >= 0.6 is 24.0 Å². The van der Waals surface area contributed by atoms with E-state index in [2.05, 4.69) is 40.0 Å². The van der Waals surface area contributed by atoms with Crippen LogP contribution in [0.2, 0.25) is 0 Å². The minimum Gasteiger partial charge on any atom is -0.493 e. The summed E-state index contributed by atoms with van der Waals surface area (Å²) in [5, 5.41) is 9.21. The lowest BCUT2D eigenvalue weighted by Crippen LogP contribution is -2.42. The van der Waals surface area contributed by atoms with Gasteiger partial charge in [0.15, 0.2) is 5.96 Å². The quantitative estimate of drug-likeness (QED) is 0.305. The average Bonchev–Trinajstić information content (AvgIpc) is 3.18. The van der Waals surface area contributed by atoms with E-state index >= 15 is 0 Å². The first kappa shape index (κ1) is 23.0. The second-order valence-corrected chi connectivity index (χ2v) is 6.75. The Morgan fingerprint density at radius 1 is 1.14 bits per heavy atom. The highest BCUT2D eigenvalue weighted by Crippen LogP contribution is 2.25. The number of aryl methyl sites for hydroxylation is 1. The Morgan fingerprint density at radius 3 is 2.79 bits per heavy atom. The first-order valence-corrected chi connectivity index (χ1v) is 9.76. The van der Waals surface area contributed by atoms with Gasteiger partial charge in [-0.2, -0.15) is 0 Å². The van der Waals surface area contributed by atoms with Crippen LogP contribution in [-0.4, -0.2) is 38.6 Å². The Hall–Kier alpha value is -2.29. The van der Waals surface area contributed by atoms with Crippen molar-refractivity contribution < 1.29 is 9.53 Å². The third kappa shape index (κ3) is 6.92. The molecule has 0 aromatic heterocycles. The number of hydrogen-bond donors (Lipinski definition) is 3. The molecule has 0 atom stereocenters. The van der Waals surface area contributed by atoms with E-state index < -0.39 is 0 Å². The van der Waals surface area contributed by atoms with Gasteiger partial charge in [0.25, 0.3) is 0 Å². The summed E-state index contributed by atoms with van der Waals surface area (Å²) >= 11 is 0. The second-order valence-electron chi connectivity index (χ2n) is 6.75. The number of amides is 1. The number of benzene rings is 2. The number of nitrogens with one attached hydrogen (secondary N) is 3. The van der Waals surface area contributed by atoms with Crippen LogP contribution < -0.4 is 20.7 Å². The molecule has 29 heavy (non-hydrogen) atoms. The van der Waals surface area contributed by atoms with Crippen molar-refractivity contribution in [2.45, 2.75) is 26.2 Å². The molecule has 0 unspecified atom stereocenters. The van der Waals surface area contributed by atoms with Gasteiger partial charge in [-0.05, 0) is 47.7 Å². The van der Waals surface area contributed by atoms with Gasteiger partial charge in [-0.3, -0.25) is 9.79 Å². The topological polar surface area (TPSA) is 74.8 Å². The van der Waals surface area contributed by atoms with E-state index in [4.69, 9.17) is 4.74 Å². The molecule has 3 rings (SSSR count). The molecule has 7 heteroatoms. The van der Waals surface area contributed by atoms with Gasteiger partial charge in [-0.25, -0.2) is 0 Å². The summed E-state index contributed by atoms with van der Waals surface area (Å²) in [6.45, 7) is 3.76. The Balaban J connectivity index is 0.00000300. The third-order valence-electron chi connectivity index (χ3n) is 4.72. The number of ether oxygens (including phenoxy) is 1. The van der Waals surface area contributed by atoms with Gasteiger partial charge < -0.3 is 20.7 Å². The molecule has 6 nitrogen and oxygen atoms in total. The number of hydrogen-bond acceptors (Lipinski definition) is 3. The smallest absolute Gasteiger partial charge is 0.243 e. The Bertz CT molecular complexity index is 854. The summed E-state index contributed by atoms with van der Waals surface area (Å²) in [6.07, 6.45) is 2.80. The van der Waals surface area contributed by atoms with Crippen LogP contribution in [0.15, 0.2) is 47.5 Å². The SMILES string of the molecule is CCc1cccc(NC(=O)CNC(=NC)NCCc2ccc3c(c2)CCO3)c1.I. The Labute approximate surface area is 189 Å². The maximum absolute atomic E-state index is 12.2. The molecule has 3 N–H and O–H groups in total. The second kappa shape index (κ2) is 11.6. The summed E-state index contributed by atoms with van der Waals surface area (Å²) < 4.78 is 5.54. The number of carbonyl (C=O) groups excluding carboxylic acids is 1. The number of guanidine groups is 1. The molecule has 1 aliphatic rings. The molecule has 2 aromatic rings. The molecule has 0 aliphatic carbocycles. The highest BCUT2D eigenvalue weighted by Gasteiger charge is 2.12. The van der Waals surface area contributed by atoms with Crippen molar-refractivity contribution in [3.63, 3.8) is 0 Å². The highest BCUT2D eigenvalue weighted by atomic mass is 127. The summed E-state index contributed by atoms with van der Waals surface area (Å²) in [5.41, 5.74) is 4.56. The van der Waals surface area contributed by atoms with Gasteiger partial charge in [0.2, 0.25) is 5.91 Å². The summed E-state index contributed by atoms with van der Waals surface area (Å²) in [4.78, 5) is 16.3. The molecule has 1 amide bonds. The zero-order valence-electron chi connectivity index (χ0n) is 17.0. The van der Waals surface area contributed by atoms with Crippen LogP contribution in [-0.2, 0) is 24.1 Å². The monoisotopic (exact) mass is 508 g/mol. The third-order valence-corrected chi connectivity index (χ3v) is 4.72. The predicted molar refractivity (Wildman–Crippen MR) is 129 cm³/mol. The minimum atomic E-state index is -0.102. The lowest BCUT2D eigenvalue weighted by atomic mass is 10.1. The number of halogens is 1. The van der Waals surface area contributed by atoms with Gasteiger partial charge in [-0.15, -0.1) is 24.0 Å². The van der Waals surface area contributed by atoms with Crippen LogP contribution in [0.25, 0.3) is 0 Å². The Morgan fingerprint density at radius 2 is 2.00 bits per heavy atom. The van der Waals surface area contributed by atoms with Crippen molar-refractivity contribution >= 4 is 41.5 Å². The molecule has 0 radical (unpaired) electrons. The standard InChI is InChI=1S/C22H28N4O2.HI/c1-3-16-5-4-6-19(14-16)26-21(27)15-25-22(23-2)24-11-9-17-7-8-20-18(13-17)10-12-28-20;/h4-8,13-14H,3,9-12,15H2,1-2H3,(H,26,27)(H2,23,24,25);1H. The van der Waals surface area contributed by atoms with E-state index in [0.717, 1.165) is 43.9 Å². The molecule has 0 spiro atoms. The van der Waals surface area contributed by atoms with E-state index in [1.54, 1.807) is 7.05 Å². The minimum absolute atomic E-state index is 0. The number of anilines is 1. The fourth-order valence-corrected chi connectivity index (χ4v) is 3.18. The number of fused-ring (bicyclic) bond motifs is 1. The van der Waals surface area contributed by atoms with Crippen LogP contribution in [0.5, 0.6) is 5.75 Å². The molecule has 156 valence electrons. The maximum atomic E-state index is 12.2. The van der Waals surface area contributed by atoms with Crippen molar-refractivity contribution in [2.75, 3.05) is 32.1 Å². The van der Waals surface area contributed by atoms with Crippen LogP contribution in [0, 0.1) is 0 Å². The van der Waals surface area contributed by atoms with Crippen LogP contribution in [0.1, 0.15) is 23.6 Å². The van der Waals surface area contributed by atoms with Crippen LogP contribution in [0.3, 0.4) is 0 Å². The van der Waals surface area contributed by atoms with Crippen LogP contribution in [0.4, 0.5) is 5.69 Å². The molecule has 1 aliphatic heterocycles. The summed E-state index contributed by atoms with van der Waals surface area (Å²) in [7, 11) is 1.70. The van der Waals surface area contributed by atoms with Gasteiger partial charge >= 0.3 is 0 Å². The summed E-state index contributed by atoms with van der Waals surface area (Å²) in [5.74, 6) is 1.52. The largest absolute Gasteiger partial charge is 0.493 e. The van der Waals surface area contributed by atoms with Crippen molar-refractivity contribution in [1.82, 2.24) is 10.6 Å². The van der Waals surface area contributed by atoms with E-state index in [0.29, 0.717) is 5.96 Å². The first-order valence-electron chi connectivity index (χ1n) is 9.76. The van der Waals surface area contributed by atoms with Gasteiger partial charge in [0.1, 0.15) is 5.75 Å². The highest BCUT2D eigenvalue weighted by molar-refractivity contribution is 14.0. The van der Waals surface area contributed by atoms with Crippen molar-refractivity contribution in [3.05, 3.63) is 59.2 Å². The Kier molecular flexibility index (Phi) is 9.24. The lowest BCUT2D eigenvalue weighted by Gasteiger charge is -2.12.